The second-order valence-electron chi connectivity index (χ2n) is 4.50. The molecule has 14 heavy (non-hydrogen) atoms. The molecule has 0 atom stereocenters. The maximum Gasteiger partial charge on any atom is 0.0494 e. The predicted molar refractivity (Wildman–Crippen MR) is 61.0 cm³/mol. The average Bonchev–Trinajstić information content (AvgIpc) is 2.98. The van der Waals surface area contributed by atoms with Gasteiger partial charge in [-0.15, -0.1) is 12.4 Å². The summed E-state index contributed by atoms with van der Waals surface area (Å²) in [5.41, 5.74) is 0. The number of ether oxygens (including phenoxy) is 1. The molecule has 1 saturated heterocycles. The Hall–Kier alpha value is 0.210. The van der Waals surface area contributed by atoms with Gasteiger partial charge in [0, 0.05) is 13.2 Å². The molecule has 1 N–H and O–H groups in total. The van der Waals surface area contributed by atoms with Gasteiger partial charge < -0.3 is 10.1 Å². The van der Waals surface area contributed by atoms with Crippen molar-refractivity contribution in [1.82, 2.24) is 5.32 Å². The largest absolute Gasteiger partial charge is 0.381 e. The topological polar surface area (TPSA) is 21.3 Å². The fraction of sp³-hybridized carbons (Fsp3) is 1.00. The van der Waals surface area contributed by atoms with Crippen molar-refractivity contribution in [2.45, 2.75) is 32.1 Å². The number of piperidine rings is 1. The molecule has 0 amide bonds. The standard InChI is InChI=1S/C11H21NO.ClH/c1-2-11(1)9-13-8-5-10-3-6-12-7-4-10;/h10-12H,1-9H2;1H. The Bertz CT molecular complexity index is 144. The van der Waals surface area contributed by atoms with E-state index in [2.05, 4.69) is 5.32 Å². The first kappa shape index (κ1) is 12.3. The first-order chi connectivity index (χ1) is 6.45. The van der Waals surface area contributed by atoms with Gasteiger partial charge in [-0.2, -0.15) is 0 Å². The first-order valence-electron chi connectivity index (χ1n) is 5.73. The van der Waals surface area contributed by atoms with Crippen LogP contribution in [0.15, 0.2) is 0 Å². The highest BCUT2D eigenvalue weighted by Gasteiger charge is 2.21. The lowest BCUT2D eigenvalue weighted by Crippen LogP contribution is -2.28. The predicted octanol–water partition coefficient (Wildman–Crippen LogP) is 2.22. The van der Waals surface area contributed by atoms with Crippen molar-refractivity contribution in [1.29, 1.82) is 0 Å². The Labute approximate surface area is 93.2 Å². The monoisotopic (exact) mass is 219 g/mol. The minimum Gasteiger partial charge on any atom is -0.381 e. The highest BCUT2D eigenvalue weighted by Crippen LogP contribution is 2.29. The van der Waals surface area contributed by atoms with Crippen molar-refractivity contribution in [3.05, 3.63) is 0 Å². The molecule has 0 unspecified atom stereocenters. The van der Waals surface area contributed by atoms with Crippen LogP contribution < -0.4 is 5.32 Å². The Morgan fingerprint density at radius 2 is 1.71 bits per heavy atom. The third kappa shape index (κ3) is 4.63. The highest BCUT2D eigenvalue weighted by molar-refractivity contribution is 5.85. The van der Waals surface area contributed by atoms with E-state index in [4.69, 9.17) is 4.74 Å². The number of halogens is 1. The van der Waals surface area contributed by atoms with Crippen LogP contribution in [0.5, 0.6) is 0 Å². The van der Waals surface area contributed by atoms with E-state index < -0.39 is 0 Å². The van der Waals surface area contributed by atoms with E-state index >= 15 is 0 Å². The molecule has 1 saturated carbocycles. The summed E-state index contributed by atoms with van der Waals surface area (Å²) >= 11 is 0. The number of hydrogen-bond acceptors (Lipinski definition) is 2. The summed E-state index contributed by atoms with van der Waals surface area (Å²) in [7, 11) is 0. The van der Waals surface area contributed by atoms with Crippen LogP contribution in [-0.2, 0) is 4.74 Å². The molecule has 3 heteroatoms. The van der Waals surface area contributed by atoms with Crippen LogP contribution in [-0.4, -0.2) is 26.3 Å². The zero-order valence-electron chi connectivity index (χ0n) is 8.84. The molecule has 2 fully saturated rings. The first-order valence-corrected chi connectivity index (χ1v) is 5.73. The summed E-state index contributed by atoms with van der Waals surface area (Å²) < 4.78 is 5.64. The van der Waals surface area contributed by atoms with Crippen LogP contribution in [0.3, 0.4) is 0 Å². The van der Waals surface area contributed by atoms with Gasteiger partial charge in [0.1, 0.15) is 0 Å². The van der Waals surface area contributed by atoms with Crippen molar-refractivity contribution in [2.24, 2.45) is 11.8 Å². The van der Waals surface area contributed by atoms with Gasteiger partial charge in [0.15, 0.2) is 0 Å². The Balaban J connectivity index is 0.000000980. The van der Waals surface area contributed by atoms with Crippen LogP contribution in [0.4, 0.5) is 0 Å². The van der Waals surface area contributed by atoms with Gasteiger partial charge >= 0.3 is 0 Å². The second kappa shape index (κ2) is 6.65. The summed E-state index contributed by atoms with van der Waals surface area (Å²) in [6.45, 7) is 4.46. The van der Waals surface area contributed by atoms with E-state index in [0.717, 1.165) is 25.0 Å². The molecule has 2 rings (SSSR count). The minimum atomic E-state index is 0. The van der Waals surface area contributed by atoms with Gasteiger partial charge in [-0.05, 0) is 57.0 Å². The molecule has 84 valence electrons. The van der Waals surface area contributed by atoms with E-state index in [1.165, 1.54) is 45.2 Å². The van der Waals surface area contributed by atoms with Crippen molar-refractivity contribution >= 4 is 12.4 Å². The Morgan fingerprint density at radius 3 is 2.36 bits per heavy atom. The molecule has 0 radical (unpaired) electrons. The minimum absolute atomic E-state index is 0. The number of hydrogen-bond donors (Lipinski definition) is 1. The van der Waals surface area contributed by atoms with Crippen molar-refractivity contribution < 1.29 is 4.74 Å². The summed E-state index contributed by atoms with van der Waals surface area (Å²) in [5.74, 6) is 1.86. The van der Waals surface area contributed by atoms with E-state index in [-0.39, 0.29) is 12.4 Å². The van der Waals surface area contributed by atoms with E-state index in [9.17, 15) is 0 Å². The lowest BCUT2D eigenvalue weighted by Gasteiger charge is -2.22. The molecule has 0 bridgehead atoms. The molecule has 0 spiro atoms. The van der Waals surface area contributed by atoms with Crippen LogP contribution in [0.2, 0.25) is 0 Å². The van der Waals surface area contributed by atoms with Crippen LogP contribution in [0, 0.1) is 11.8 Å². The normalized spacial score (nSPS) is 23.1. The summed E-state index contributed by atoms with van der Waals surface area (Å²) in [6.07, 6.45) is 6.81. The fourth-order valence-electron chi connectivity index (χ4n) is 1.95. The van der Waals surface area contributed by atoms with Gasteiger partial charge in [0.05, 0.1) is 0 Å². The SMILES string of the molecule is C1CC(CCOCC2CC2)CCN1.Cl. The van der Waals surface area contributed by atoms with Crippen LogP contribution >= 0.6 is 12.4 Å². The molecule has 0 aromatic heterocycles. The number of nitrogens with one attached hydrogen (secondary N) is 1. The molecule has 2 aliphatic rings. The van der Waals surface area contributed by atoms with Crippen molar-refractivity contribution in [3.8, 4) is 0 Å². The van der Waals surface area contributed by atoms with E-state index in [1.807, 2.05) is 0 Å². The molecule has 1 aliphatic heterocycles. The Morgan fingerprint density at radius 1 is 1.00 bits per heavy atom. The third-order valence-corrected chi connectivity index (χ3v) is 3.18. The van der Waals surface area contributed by atoms with Crippen molar-refractivity contribution in [2.75, 3.05) is 26.3 Å². The van der Waals surface area contributed by atoms with Gasteiger partial charge in [-0.1, -0.05) is 0 Å². The van der Waals surface area contributed by atoms with E-state index in [1.54, 1.807) is 0 Å². The smallest absolute Gasteiger partial charge is 0.0494 e. The average molecular weight is 220 g/mol. The zero-order valence-corrected chi connectivity index (χ0v) is 9.65. The van der Waals surface area contributed by atoms with Gasteiger partial charge in [0.25, 0.3) is 0 Å². The van der Waals surface area contributed by atoms with Gasteiger partial charge in [-0.3, -0.25) is 0 Å². The zero-order chi connectivity index (χ0) is 8.93. The van der Waals surface area contributed by atoms with Gasteiger partial charge in [-0.25, -0.2) is 0 Å². The lowest BCUT2D eigenvalue weighted by atomic mass is 9.95. The summed E-state index contributed by atoms with van der Waals surface area (Å²) in [6, 6.07) is 0. The molecule has 2 nitrogen and oxygen atoms in total. The molecule has 0 aromatic rings. The van der Waals surface area contributed by atoms with E-state index in [0.29, 0.717) is 0 Å². The molecule has 1 aliphatic carbocycles. The molecule has 0 aromatic carbocycles. The molecular formula is C11H22ClNO. The van der Waals surface area contributed by atoms with Crippen LogP contribution in [0.25, 0.3) is 0 Å². The molecule has 1 heterocycles. The highest BCUT2D eigenvalue weighted by atomic mass is 35.5. The van der Waals surface area contributed by atoms with Gasteiger partial charge in [0.2, 0.25) is 0 Å². The van der Waals surface area contributed by atoms with Crippen LogP contribution in [0.1, 0.15) is 32.1 Å². The fourth-order valence-corrected chi connectivity index (χ4v) is 1.95. The second-order valence-corrected chi connectivity index (χ2v) is 4.50. The summed E-state index contributed by atoms with van der Waals surface area (Å²) in [5, 5.41) is 3.39. The third-order valence-electron chi connectivity index (χ3n) is 3.18. The lowest BCUT2D eigenvalue weighted by molar-refractivity contribution is 0.106. The molecular weight excluding hydrogens is 198 g/mol. The number of rotatable bonds is 5. The maximum atomic E-state index is 5.64. The summed E-state index contributed by atoms with van der Waals surface area (Å²) in [4.78, 5) is 0. The maximum absolute atomic E-state index is 5.64. The Kier molecular flexibility index (Phi) is 5.83. The van der Waals surface area contributed by atoms with Crippen molar-refractivity contribution in [3.63, 3.8) is 0 Å². The quantitative estimate of drug-likeness (QED) is 0.717.